The molecule has 34 heavy (non-hydrogen) atoms. The lowest BCUT2D eigenvalue weighted by atomic mass is 9.49. The van der Waals surface area contributed by atoms with E-state index in [9.17, 15) is 14.4 Å². The van der Waals surface area contributed by atoms with E-state index >= 15 is 0 Å². The van der Waals surface area contributed by atoms with Crippen LogP contribution in [0.25, 0.3) is 0 Å². The van der Waals surface area contributed by atoms with Gasteiger partial charge in [0.25, 0.3) is 0 Å². The summed E-state index contributed by atoms with van der Waals surface area (Å²) in [7, 11) is 0. The van der Waals surface area contributed by atoms with Gasteiger partial charge in [0.15, 0.2) is 12.4 Å². The highest BCUT2D eigenvalue weighted by atomic mass is 35.5. The monoisotopic (exact) mass is 479 g/mol. The molecule has 2 aromatic rings. The Labute approximate surface area is 205 Å². The van der Waals surface area contributed by atoms with Crippen molar-refractivity contribution in [3.8, 4) is 0 Å². The minimum absolute atomic E-state index is 0.0199. The van der Waals surface area contributed by atoms with Crippen LogP contribution in [0.3, 0.4) is 0 Å². The van der Waals surface area contributed by atoms with Gasteiger partial charge in [-0.25, -0.2) is 4.79 Å². The Bertz CT molecular complexity index is 1030. The molecule has 0 saturated heterocycles. The van der Waals surface area contributed by atoms with Crippen molar-refractivity contribution in [1.29, 1.82) is 0 Å². The third-order valence-electron chi connectivity index (χ3n) is 7.90. The number of benzene rings is 2. The first-order valence-corrected chi connectivity index (χ1v) is 12.6. The Kier molecular flexibility index (Phi) is 6.48. The van der Waals surface area contributed by atoms with Crippen LogP contribution in [0.5, 0.6) is 0 Å². The first kappa shape index (κ1) is 23.1. The van der Waals surface area contributed by atoms with Crippen molar-refractivity contribution in [1.82, 2.24) is 5.32 Å². The van der Waals surface area contributed by atoms with Crippen LogP contribution < -0.4 is 5.32 Å². The van der Waals surface area contributed by atoms with E-state index in [4.69, 9.17) is 16.3 Å². The van der Waals surface area contributed by atoms with Gasteiger partial charge in [-0.2, -0.15) is 0 Å². The van der Waals surface area contributed by atoms with E-state index in [1.807, 2.05) is 30.3 Å². The van der Waals surface area contributed by atoms with Crippen LogP contribution in [0.1, 0.15) is 54.4 Å². The van der Waals surface area contributed by atoms with Gasteiger partial charge in [0.05, 0.1) is 0 Å². The molecular formula is C28H30ClNO4. The Balaban J connectivity index is 1.28. The Morgan fingerprint density at radius 2 is 1.50 bits per heavy atom. The largest absolute Gasteiger partial charge is 0.456 e. The second kappa shape index (κ2) is 9.53. The van der Waals surface area contributed by atoms with Crippen LogP contribution in [0, 0.1) is 23.2 Å². The van der Waals surface area contributed by atoms with Gasteiger partial charge in [-0.15, -0.1) is 0 Å². The lowest BCUT2D eigenvalue weighted by Gasteiger charge is -2.55. The quantitative estimate of drug-likeness (QED) is 0.426. The highest BCUT2D eigenvalue weighted by Gasteiger charge is 2.55. The molecule has 4 aliphatic rings. The third kappa shape index (κ3) is 4.90. The zero-order valence-electron chi connectivity index (χ0n) is 19.2. The number of halogens is 1. The van der Waals surface area contributed by atoms with Gasteiger partial charge in [0, 0.05) is 22.4 Å². The molecule has 0 heterocycles. The van der Waals surface area contributed by atoms with Gasteiger partial charge in [-0.1, -0.05) is 41.9 Å². The molecule has 1 atom stereocenters. The van der Waals surface area contributed by atoms with Crippen molar-refractivity contribution in [2.24, 2.45) is 23.2 Å². The van der Waals surface area contributed by atoms with Crippen LogP contribution >= 0.6 is 11.6 Å². The molecule has 1 N–H and O–H groups in total. The number of amides is 1. The SMILES string of the molecule is O=C(COC(=O)C(Cc1ccccc1)NC(=O)C12CC3CC(CC(C3)C1)C2)c1ccc(Cl)cc1. The molecule has 4 bridgehead atoms. The van der Waals surface area contributed by atoms with Crippen molar-refractivity contribution in [2.45, 2.75) is 51.0 Å². The molecule has 4 aliphatic carbocycles. The van der Waals surface area contributed by atoms with Crippen LogP contribution in [-0.2, 0) is 20.7 Å². The summed E-state index contributed by atoms with van der Waals surface area (Å²) in [6.45, 7) is -0.376. The summed E-state index contributed by atoms with van der Waals surface area (Å²) < 4.78 is 5.41. The van der Waals surface area contributed by atoms with E-state index in [1.165, 1.54) is 19.3 Å². The zero-order chi connectivity index (χ0) is 23.7. The summed E-state index contributed by atoms with van der Waals surface area (Å²) in [5, 5.41) is 3.58. The molecule has 1 unspecified atom stereocenters. The summed E-state index contributed by atoms with van der Waals surface area (Å²) in [5.41, 5.74) is 0.997. The van der Waals surface area contributed by atoms with E-state index in [-0.39, 0.29) is 23.7 Å². The maximum Gasteiger partial charge on any atom is 0.329 e. The molecule has 0 spiro atoms. The number of ether oxygens (including phenoxy) is 1. The van der Waals surface area contributed by atoms with Gasteiger partial charge in [0.1, 0.15) is 6.04 Å². The fourth-order valence-corrected chi connectivity index (χ4v) is 6.83. The Morgan fingerprint density at radius 3 is 2.09 bits per heavy atom. The average Bonchev–Trinajstić information content (AvgIpc) is 2.82. The molecule has 2 aromatic carbocycles. The van der Waals surface area contributed by atoms with Crippen molar-refractivity contribution in [3.63, 3.8) is 0 Å². The zero-order valence-corrected chi connectivity index (χ0v) is 19.9. The van der Waals surface area contributed by atoms with E-state index in [1.54, 1.807) is 24.3 Å². The van der Waals surface area contributed by atoms with E-state index in [0.29, 0.717) is 34.8 Å². The summed E-state index contributed by atoms with van der Waals surface area (Å²) in [4.78, 5) is 39.2. The Hall–Kier alpha value is -2.66. The minimum atomic E-state index is -0.832. The highest BCUT2D eigenvalue weighted by Crippen LogP contribution is 2.60. The van der Waals surface area contributed by atoms with Crippen molar-refractivity contribution in [3.05, 3.63) is 70.7 Å². The van der Waals surface area contributed by atoms with E-state index in [2.05, 4.69) is 5.32 Å². The standard InChI is InChI=1S/C28H30ClNO4/c29-23-8-6-22(7-9-23)25(31)17-34-26(32)24(13-18-4-2-1-3-5-18)30-27(33)28-14-19-10-20(15-28)12-21(11-19)16-28/h1-9,19-21,24H,10-17H2,(H,30,33). The lowest BCUT2D eigenvalue weighted by Crippen LogP contribution is -2.56. The van der Waals surface area contributed by atoms with E-state index < -0.39 is 12.0 Å². The predicted octanol–water partition coefficient (Wildman–Crippen LogP) is 5.01. The first-order chi connectivity index (χ1) is 16.4. The third-order valence-corrected chi connectivity index (χ3v) is 8.16. The number of esters is 1. The van der Waals surface area contributed by atoms with Crippen molar-refractivity contribution in [2.75, 3.05) is 6.61 Å². The molecule has 6 heteroatoms. The number of nitrogens with one attached hydrogen (secondary N) is 1. The van der Waals surface area contributed by atoms with Gasteiger partial charge in [-0.05, 0) is 86.1 Å². The number of hydrogen-bond acceptors (Lipinski definition) is 4. The highest BCUT2D eigenvalue weighted by molar-refractivity contribution is 6.30. The predicted molar refractivity (Wildman–Crippen MR) is 129 cm³/mol. The molecule has 4 fully saturated rings. The van der Waals surface area contributed by atoms with Crippen molar-refractivity contribution >= 4 is 29.3 Å². The normalized spacial score (nSPS) is 27.7. The lowest BCUT2D eigenvalue weighted by molar-refractivity contribution is -0.153. The molecule has 178 valence electrons. The maximum atomic E-state index is 13.6. The molecule has 1 amide bonds. The number of ketones is 1. The van der Waals surface area contributed by atoms with Gasteiger partial charge < -0.3 is 10.1 Å². The fourth-order valence-electron chi connectivity index (χ4n) is 6.70. The van der Waals surface area contributed by atoms with Crippen LogP contribution in [-0.4, -0.2) is 30.3 Å². The van der Waals surface area contributed by atoms with Gasteiger partial charge in [0.2, 0.25) is 5.91 Å². The molecule has 4 saturated carbocycles. The number of carbonyl (C=O) groups is 3. The molecule has 0 aromatic heterocycles. The number of hydrogen-bond donors (Lipinski definition) is 1. The van der Waals surface area contributed by atoms with E-state index in [0.717, 1.165) is 24.8 Å². The summed E-state index contributed by atoms with van der Waals surface area (Å²) in [5.74, 6) is 0.990. The topological polar surface area (TPSA) is 72.5 Å². The molecule has 0 radical (unpaired) electrons. The number of Topliss-reactive ketones (excluding diaryl/α,β-unsaturated/α-hetero) is 1. The average molecular weight is 480 g/mol. The number of carbonyl (C=O) groups excluding carboxylic acids is 3. The first-order valence-electron chi connectivity index (χ1n) is 12.2. The summed E-state index contributed by atoms with van der Waals surface area (Å²) in [6, 6.07) is 15.2. The molecular weight excluding hydrogens is 450 g/mol. The molecule has 6 rings (SSSR count). The van der Waals surface area contributed by atoms with Gasteiger partial charge >= 0.3 is 5.97 Å². The molecule has 5 nitrogen and oxygen atoms in total. The summed E-state index contributed by atoms with van der Waals surface area (Å²) in [6.07, 6.45) is 6.83. The second-order valence-corrected chi connectivity index (χ2v) is 10.9. The fraction of sp³-hybridized carbons (Fsp3) is 0.464. The van der Waals surface area contributed by atoms with Crippen LogP contribution in [0.15, 0.2) is 54.6 Å². The Morgan fingerprint density at radius 1 is 0.912 bits per heavy atom. The summed E-state index contributed by atoms with van der Waals surface area (Å²) >= 11 is 5.89. The number of rotatable bonds is 8. The van der Waals surface area contributed by atoms with Gasteiger partial charge in [-0.3, -0.25) is 9.59 Å². The smallest absolute Gasteiger partial charge is 0.329 e. The van der Waals surface area contributed by atoms with Crippen molar-refractivity contribution < 1.29 is 19.1 Å². The minimum Gasteiger partial charge on any atom is -0.456 e. The van der Waals surface area contributed by atoms with Crippen LogP contribution in [0.2, 0.25) is 5.02 Å². The molecule has 0 aliphatic heterocycles. The second-order valence-electron chi connectivity index (χ2n) is 10.5. The maximum absolute atomic E-state index is 13.6. The van der Waals surface area contributed by atoms with Crippen LogP contribution in [0.4, 0.5) is 0 Å².